The maximum atomic E-state index is 11.9. The first-order chi connectivity index (χ1) is 8.15. The van der Waals surface area contributed by atoms with Crippen LogP contribution in [0.1, 0.15) is 51.9 Å². The highest BCUT2D eigenvalue weighted by atomic mass is 16.3. The monoisotopic (exact) mass is 242 g/mol. The maximum absolute atomic E-state index is 11.9. The molecule has 1 atom stereocenters. The van der Waals surface area contributed by atoms with E-state index in [1.807, 2.05) is 6.92 Å². The zero-order valence-electron chi connectivity index (χ0n) is 10.9. The number of aliphatic hydroxyl groups excluding tert-OH is 1. The summed E-state index contributed by atoms with van der Waals surface area (Å²) in [4.78, 5) is 11.9. The summed E-state index contributed by atoms with van der Waals surface area (Å²) in [5.74, 6) is 0.299. The van der Waals surface area contributed by atoms with Crippen LogP contribution in [-0.2, 0) is 4.79 Å². The van der Waals surface area contributed by atoms with Crippen molar-refractivity contribution in [3.63, 3.8) is 0 Å². The van der Waals surface area contributed by atoms with Crippen LogP contribution in [-0.4, -0.2) is 29.7 Å². The summed E-state index contributed by atoms with van der Waals surface area (Å²) in [6.07, 6.45) is 6.59. The van der Waals surface area contributed by atoms with Gasteiger partial charge in [0.15, 0.2) is 0 Å². The molecule has 0 spiro atoms. The molecule has 0 aromatic carbocycles. The van der Waals surface area contributed by atoms with Gasteiger partial charge in [-0.25, -0.2) is 0 Å². The molecular formula is C13H26N2O2. The third kappa shape index (κ3) is 4.28. The highest BCUT2D eigenvalue weighted by Crippen LogP contribution is 2.28. The molecule has 0 aromatic heterocycles. The first-order valence-electron chi connectivity index (χ1n) is 6.77. The van der Waals surface area contributed by atoms with E-state index in [0.29, 0.717) is 13.0 Å². The lowest BCUT2D eigenvalue weighted by molar-refractivity contribution is -0.125. The Morgan fingerprint density at radius 2 is 2.06 bits per heavy atom. The Bertz CT molecular complexity index is 234. The van der Waals surface area contributed by atoms with Gasteiger partial charge in [0.05, 0.1) is 12.1 Å². The zero-order valence-corrected chi connectivity index (χ0v) is 10.9. The van der Waals surface area contributed by atoms with Crippen molar-refractivity contribution in [2.75, 3.05) is 13.2 Å². The van der Waals surface area contributed by atoms with E-state index in [9.17, 15) is 9.90 Å². The van der Waals surface area contributed by atoms with Crippen molar-refractivity contribution in [2.24, 2.45) is 11.7 Å². The van der Waals surface area contributed by atoms with Gasteiger partial charge < -0.3 is 16.2 Å². The van der Waals surface area contributed by atoms with E-state index in [2.05, 4.69) is 5.32 Å². The van der Waals surface area contributed by atoms with Crippen LogP contribution in [0.4, 0.5) is 0 Å². The lowest BCUT2D eigenvalue weighted by Crippen LogP contribution is -2.52. The summed E-state index contributed by atoms with van der Waals surface area (Å²) in [6, 6.07) is 0. The van der Waals surface area contributed by atoms with Gasteiger partial charge >= 0.3 is 0 Å². The Hall–Kier alpha value is -0.610. The van der Waals surface area contributed by atoms with Crippen LogP contribution in [0.15, 0.2) is 0 Å². The normalized spacial score (nSPS) is 20.9. The van der Waals surface area contributed by atoms with E-state index in [1.54, 1.807) is 0 Å². The van der Waals surface area contributed by atoms with Crippen LogP contribution >= 0.6 is 0 Å². The van der Waals surface area contributed by atoms with Crippen molar-refractivity contribution >= 4 is 5.91 Å². The molecule has 1 unspecified atom stereocenters. The Labute approximate surface area is 104 Å². The van der Waals surface area contributed by atoms with Gasteiger partial charge in [-0.05, 0) is 25.3 Å². The molecule has 1 saturated carbocycles. The van der Waals surface area contributed by atoms with Gasteiger partial charge in [0.1, 0.15) is 0 Å². The van der Waals surface area contributed by atoms with Crippen LogP contribution < -0.4 is 11.1 Å². The average molecular weight is 242 g/mol. The average Bonchev–Trinajstić information content (AvgIpc) is 2.37. The molecule has 0 radical (unpaired) electrons. The van der Waals surface area contributed by atoms with Crippen molar-refractivity contribution in [3.8, 4) is 0 Å². The number of hydrogen-bond acceptors (Lipinski definition) is 3. The molecule has 0 aliphatic heterocycles. The number of rotatable bonds is 6. The molecular weight excluding hydrogens is 216 g/mol. The smallest absolute Gasteiger partial charge is 0.220 e. The maximum Gasteiger partial charge on any atom is 0.220 e. The Morgan fingerprint density at radius 1 is 1.41 bits per heavy atom. The molecule has 4 nitrogen and oxygen atoms in total. The largest absolute Gasteiger partial charge is 0.394 e. The fourth-order valence-corrected chi connectivity index (χ4v) is 2.55. The fourth-order valence-electron chi connectivity index (χ4n) is 2.55. The van der Waals surface area contributed by atoms with Crippen molar-refractivity contribution in [3.05, 3.63) is 0 Å². The van der Waals surface area contributed by atoms with Gasteiger partial charge in [0.2, 0.25) is 5.91 Å². The quantitative estimate of drug-likeness (QED) is 0.654. The zero-order chi connectivity index (χ0) is 12.7. The van der Waals surface area contributed by atoms with E-state index in [4.69, 9.17) is 5.73 Å². The number of amides is 1. The Kier molecular flexibility index (Phi) is 5.92. The van der Waals surface area contributed by atoms with Crippen LogP contribution in [0.3, 0.4) is 0 Å². The second-order valence-corrected chi connectivity index (χ2v) is 5.26. The molecule has 0 aromatic rings. The van der Waals surface area contributed by atoms with Crippen molar-refractivity contribution < 1.29 is 9.90 Å². The lowest BCUT2D eigenvalue weighted by Gasteiger charge is -2.36. The topological polar surface area (TPSA) is 75.4 Å². The highest BCUT2D eigenvalue weighted by Gasteiger charge is 2.32. The van der Waals surface area contributed by atoms with Crippen LogP contribution in [0.25, 0.3) is 0 Å². The van der Waals surface area contributed by atoms with Crippen molar-refractivity contribution in [2.45, 2.75) is 57.4 Å². The molecule has 1 aliphatic rings. The van der Waals surface area contributed by atoms with Crippen LogP contribution in [0.5, 0.6) is 0 Å². The SMILES string of the molecule is CCC(CN)CC(=O)NC1(CO)CCCCC1. The number of carbonyl (C=O) groups is 1. The fraction of sp³-hybridized carbons (Fsp3) is 0.923. The third-order valence-electron chi connectivity index (χ3n) is 3.90. The van der Waals surface area contributed by atoms with Gasteiger partial charge in [0, 0.05) is 6.42 Å². The third-order valence-corrected chi connectivity index (χ3v) is 3.90. The summed E-state index contributed by atoms with van der Waals surface area (Å²) in [5, 5.41) is 12.5. The molecule has 1 aliphatic carbocycles. The number of carbonyl (C=O) groups excluding carboxylic acids is 1. The summed E-state index contributed by atoms with van der Waals surface area (Å²) in [7, 11) is 0. The molecule has 1 fully saturated rings. The molecule has 4 N–H and O–H groups in total. The van der Waals surface area contributed by atoms with Gasteiger partial charge in [-0.1, -0.05) is 32.6 Å². The van der Waals surface area contributed by atoms with Crippen molar-refractivity contribution in [1.29, 1.82) is 0 Å². The summed E-state index contributed by atoms with van der Waals surface area (Å²) < 4.78 is 0. The Balaban J connectivity index is 2.47. The van der Waals surface area contributed by atoms with E-state index in [0.717, 1.165) is 32.1 Å². The predicted octanol–water partition coefficient (Wildman–Crippen LogP) is 1.17. The standard InChI is InChI=1S/C13H26N2O2/c1-2-11(9-14)8-12(17)15-13(10-16)6-4-3-5-7-13/h11,16H,2-10,14H2,1H3,(H,15,17). The molecule has 17 heavy (non-hydrogen) atoms. The van der Waals surface area contributed by atoms with E-state index in [-0.39, 0.29) is 24.0 Å². The minimum absolute atomic E-state index is 0.0400. The van der Waals surface area contributed by atoms with Crippen molar-refractivity contribution in [1.82, 2.24) is 5.32 Å². The molecule has 0 bridgehead atoms. The number of nitrogens with one attached hydrogen (secondary N) is 1. The van der Waals surface area contributed by atoms with Gasteiger partial charge in [-0.3, -0.25) is 4.79 Å². The van der Waals surface area contributed by atoms with Gasteiger partial charge in [-0.15, -0.1) is 0 Å². The Morgan fingerprint density at radius 3 is 2.53 bits per heavy atom. The molecule has 4 heteroatoms. The summed E-state index contributed by atoms with van der Waals surface area (Å²) >= 11 is 0. The van der Waals surface area contributed by atoms with Crippen LogP contribution in [0, 0.1) is 5.92 Å². The second-order valence-electron chi connectivity index (χ2n) is 5.26. The number of aliphatic hydroxyl groups is 1. The van der Waals surface area contributed by atoms with E-state index >= 15 is 0 Å². The molecule has 1 amide bonds. The summed E-state index contributed by atoms with van der Waals surface area (Å²) in [6.45, 7) is 2.65. The van der Waals surface area contributed by atoms with Crippen LogP contribution in [0.2, 0.25) is 0 Å². The minimum Gasteiger partial charge on any atom is -0.394 e. The molecule has 100 valence electrons. The number of nitrogens with two attached hydrogens (primary N) is 1. The number of hydrogen-bond donors (Lipinski definition) is 3. The van der Waals surface area contributed by atoms with Gasteiger partial charge in [0.25, 0.3) is 0 Å². The second kappa shape index (κ2) is 6.97. The molecule has 0 heterocycles. The first kappa shape index (κ1) is 14.5. The van der Waals surface area contributed by atoms with Gasteiger partial charge in [-0.2, -0.15) is 0 Å². The van der Waals surface area contributed by atoms with E-state index in [1.165, 1.54) is 6.42 Å². The van der Waals surface area contributed by atoms with E-state index < -0.39 is 0 Å². The molecule has 0 saturated heterocycles. The first-order valence-corrected chi connectivity index (χ1v) is 6.77. The molecule has 1 rings (SSSR count). The highest BCUT2D eigenvalue weighted by molar-refractivity contribution is 5.77. The summed E-state index contributed by atoms with van der Waals surface area (Å²) in [5.41, 5.74) is 5.24. The lowest BCUT2D eigenvalue weighted by atomic mass is 9.82. The minimum atomic E-state index is -0.359. The predicted molar refractivity (Wildman–Crippen MR) is 68.5 cm³/mol.